The Kier molecular flexibility index (Phi) is 4.96. The topological polar surface area (TPSA) is 66.8 Å². The maximum atomic E-state index is 5.78. The molecule has 174 valence electrons. The summed E-state index contributed by atoms with van der Waals surface area (Å²) < 4.78 is 0. The van der Waals surface area contributed by atoms with Crippen LogP contribution < -0.4 is 5.32 Å². The van der Waals surface area contributed by atoms with Gasteiger partial charge in [-0.05, 0) is 66.7 Å². The number of rotatable bonds is 2. The third kappa shape index (κ3) is 3.51. The fourth-order valence-corrected chi connectivity index (χ4v) is 5.51. The molecule has 0 aliphatic carbocycles. The summed E-state index contributed by atoms with van der Waals surface area (Å²) in [5.74, 6) is 0.506. The van der Waals surface area contributed by atoms with E-state index < -0.39 is 0 Å². The molecule has 0 saturated carbocycles. The van der Waals surface area contributed by atoms with Gasteiger partial charge < -0.3 is 10.2 Å². The summed E-state index contributed by atoms with van der Waals surface area (Å²) in [5.41, 5.74) is 7.28. The number of nitrogens with one attached hydrogen (secondary N) is 1. The predicted molar refractivity (Wildman–Crippen MR) is 149 cm³/mol. The maximum Gasteiger partial charge on any atom is 0.173 e. The van der Waals surface area contributed by atoms with Gasteiger partial charge in [-0.15, -0.1) is 0 Å². The van der Waals surface area contributed by atoms with Gasteiger partial charge in [-0.3, -0.25) is 9.97 Å². The molecular formula is C29H22N6S. The minimum absolute atomic E-state index is 0.506. The van der Waals surface area contributed by atoms with E-state index >= 15 is 0 Å². The van der Waals surface area contributed by atoms with E-state index in [0.717, 1.165) is 74.2 Å². The van der Waals surface area contributed by atoms with E-state index in [0.29, 0.717) is 5.92 Å². The van der Waals surface area contributed by atoms with Gasteiger partial charge in [-0.2, -0.15) is 0 Å². The number of benzene rings is 3. The zero-order valence-corrected chi connectivity index (χ0v) is 20.2. The molecule has 0 radical (unpaired) electrons. The minimum Gasteiger partial charge on any atom is -0.348 e. The number of likely N-dealkylation sites (tertiary alicyclic amines) is 1. The average molecular weight is 487 g/mol. The second-order valence-electron chi connectivity index (χ2n) is 9.20. The molecule has 6 nitrogen and oxygen atoms in total. The molecule has 0 amide bonds. The third-order valence-electron chi connectivity index (χ3n) is 7.01. The average Bonchev–Trinajstić information content (AvgIpc) is 3.44. The summed E-state index contributed by atoms with van der Waals surface area (Å²) in [6, 6.07) is 24.6. The fraction of sp³-hybridized carbons (Fsp3) is 0.138. The fourth-order valence-electron chi connectivity index (χ4n) is 5.22. The molecule has 1 aliphatic rings. The van der Waals surface area contributed by atoms with Crippen molar-refractivity contribution in [3.05, 3.63) is 90.8 Å². The van der Waals surface area contributed by atoms with Crippen LogP contribution in [0.1, 0.15) is 17.9 Å². The first-order valence-corrected chi connectivity index (χ1v) is 12.5. The lowest BCUT2D eigenvalue weighted by Crippen LogP contribution is -2.32. The van der Waals surface area contributed by atoms with Crippen molar-refractivity contribution in [1.29, 1.82) is 0 Å². The summed E-state index contributed by atoms with van der Waals surface area (Å²) in [6.07, 6.45) is 4.69. The number of hydrogen-bond acceptors (Lipinski definition) is 5. The van der Waals surface area contributed by atoms with Crippen LogP contribution in [0, 0.1) is 0 Å². The van der Waals surface area contributed by atoms with Gasteiger partial charge in [0.15, 0.2) is 5.11 Å². The summed E-state index contributed by atoms with van der Waals surface area (Å²) in [6.45, 7) is 1.87. The Morgan fingerprint density at radius 2 is 1.47 bits per heavy atom. The molecular weight excluding hydrogens is 464 g/mol. The molecule has 1 atom stereocenters. The van der Waals surface area contributed by atoms with Crippen LogP contribution >= 0.6 is 12.2 Å². The molecule has 6 aromatic rings. The molecule has 0 bridgehead atoms. The van der Waals surface area contributed by atoms with Crippen LogP contribution in [-0.2, 0) is 0 Å². The Morgan fingerprint density at radius 3 is 2.19 bits per heavy atom. The van der Waals surface area contributed by atoms with Crippen LogP contribution in [-0.4, -0.2) is 43.0 Å². The Morgan fingerprint density at radius 1 is 0.778 bits per heavy atom. The van der Waals surface area contributed by atoms with Gasteiger partial charge in [-0.25, -0.2) is 9.97 Å². The van der Waals surface area contributed by atoms with E-state index in [1.807, 2.05) is 42.5 Å². The van der Waals surface area contributed by atoms with Crippen molar-refractivity contribution in [2.24, 2.45) is 0 Å². The lowest BCUT2D eigenvalue weighted by molar-refractivity contribution is 0.518. The number of anilines is 1. The Hall–Kier alpha value is -4.23. The molecule has 1 aliphatic heterocycles. The van der Waals surface area contributed by atoms with Gasteiger partial charge in [0, 0.05) is 47.9 Å². The number of fused-ring (bicyclic) bond motifs is 7. The second-order valence-corrected chi connectivity index (χ2v) is 9.58. The van der Waals surface area contributed by atoms with Crippen molar-refractivity contribution in [3.63, 3.8) is 0 Å². The molecule has 1 N–H and O–H groups in total. The molecule has 3 aromatic heterocycles. The first kappa shape index (κ1) is 21.1. The lowest BCUT2D eigenvalue weighted by Gasteiger charge is -2.21. The minimum atomic E-state index is 0.506. The summed E-state index contributed by atoms with van der Waals surface area (Å²) >= 11 is 5.78. The standard InChI is InChI=1S/C29H22N6S/c36-29(35-15-12-19(17-35)18-6-2-1-3-7-18)32-20-10-11-23-24(16-20)34-28-22-9-5-14-31-26(22)25-21(27(28)33-23)8-4-13-30-25/h1-11,13-14,16,19H,12,15,17H2,(H,32,36)/t19-/m0/s1. The number of pyridine rings is 2. The molecule has 3 aromatic carbocycles. The van der Waals surface area contributed by atoms with E-state index in [2.05, 4.69) is 50.5 Å². The van der Waals surface area contributed by atoms with E-state index in [9.17, 15) is 0 Å². The zero-order valence-electron chi connectivity index (χ0n) is 19.4. The van der Waals surface area contributed by atoms with Gasteiger partial charge in [0.05, 0.1) is 33.1 Å². The van der Waals surface area contributed by atoms with Crippen molar-refractivity contribution in [2.45, 2.75) is 12.3 Å². The first-order chi connectivity index (χ1) is 17.7. The van der Waals surface area contributed by atoms with E-state index in [1.165, 1.54) is 5.56 Å². The predicted octanol–water partition coefficient (Wildman–Crippen LogP) is 6.07. The molecule has 7 heteroatoms. The van der Waals surface area contributed by atoms with Gasteiger partial charge in [0.25, 0.3) is 0 Å². The molecule has 1 fully saturated rings. The van der Waals surface area contributed by atoms with Gasteiger partial charge in [-0.1, -0.05) is 30.3 Å². The normalized spacial score (nSPS) is 15.8. The molecule has 0 unspecified atom stereocenters. The van der Waals surface area contributed by atoms with Crippen molar-refractivity contribution in [2.75, 3.05) is 18.4 Å². The van der Waals surface area contributed by atoms with Crippen LogP contribution in [0.5, 0.6) is 0 Å². The molecule has 36 heavy (non-hydrogen) atoms. The Bertz CT molecular complexity index is 1790. The van der Waals surface area contributed by atoms with Crippen LogP contribution in [0.2, 0.25) is 0 Å². The summed E-state index contributed by atoms with van der Waals surface area (Å²) in [4.78, 5) is 21.5. The van der Waals surface area contributed by atoms with Gasteiger partial charge in [0.2, 0.25) is 0 Å². The maximum absolute atomic E-state index is 5.78. The van der Waals surface area contributed by atoms with E-state index in [-0.39, 0.29) is 0 Å². The SMILES string of the molecule is S=C(Nc1ccc2nc3c4cccnc4c4ncccc4c3nc2c1)N1CC[C@H](c2ccccc2)C1. The quantitative estimate of drug-likeness (QED) is 0.181. The number of aromatic nitrogens is 4. The lowest BCUT2D eigenvalue weighted by atomic mass is 9.99. The smallest absolute Gasteiger partial charge is 0.173 e. The Labute approximate surface area is 213 Å². The van der Waals surface area contributed by atoms with Crippen molar-refractivity contribution >= 4 is 66.9 Å². The monoisotopic (exact) mass is 486 g/mol. The summed E-state index contributed by atoms with van der Waals surface area (Å²) in [5, 5.41) is 6.08. The highest BCUT2D eigenvalue weighted by molar-refractivity contribution is 7.80. The third-order valence-corrected chi connectivity index (χ3v) is 7.37. The number of hydrogen-bond donors (Lipinski definition) is 1. The number of thiocarbonyl (C=S) groups is 1. The largest absolute Gasteiger partial charge is 0.348 e. The zero-order chi connectivity index (χ0) is 24.1. The molecule has 0 spiro atoms. The van der Waals surface area contributed by atoms with Crippen LogP contribution in [0.4, 0.5) is 5.69 Å². The first-order valence-electron chi connectivity index (χ1n) is 12.1. The second kappa shape index (κ2) is 8.46. The molecule has 1 saturated heterocycles. The van der Waals surface area contributed by atoms with Crippen LogP contribution in [0.3, 0.4) is 0 Å². The Balaban J connectivity index is 1.24. The highest BCUT2D eigenvalue weighted by atomic mass is 32.1. The molecule has 4 heterocycles. The van der Waals surface area contributed by atoms with Crippen molar-refractivity contribution < 1.29 is 0 Å². The van der Waals surface area contributed by atoms with Gasteiger partial charge in [0.1, 0.15) is 0 Å². The number of nitrogens with zero attached hydrogens (tertiary/aromatic N) is 5. The van der Waals surface area contributed by atoms with Crippen LogP contribution in [0.25, 0.3) is 43.9 Å². The van der Waals surface area contributed by atoms with Crippen molar-refractivity contribution in [1.82, 2.24) is 24.8 Å². The highest BCUT2D eigenvalue weighted by Crippen LogP contribution is 2.32. The van der Waals surface area contributed by atoms with E-state index in [1.54, 1.807) is 12.4 Å². The van der Waals surface area contributed by atoms with Crippen LogP contribution in [0.15, 0.2) is 85.2 Å². The van der Waals surface area contributed by atoms with E-state index in [4.69, 9.17) is 22.2 Å². The van der Waals surface area contributed by atoms with Crippen molar-refractivity contribution in [3.8, 4) is 0 Å². The highest BCUT2D eigenvalue weighted by Gasteiger charge is 2.25. The van der Waals surface area contributed by atoms with Gasteiger partial charge >= 0.3 is 0 Å². The molecule has 7 rings (SSSR count). The summed E-state index contributed by atoms with van der Waals surface area (Å²) in [7, 11) is 0.